The van der Waals surface area contributed by atoms with E-state index in [4.69, 9.17) is 5.73 Å². The molecule has 1 aromatic rings. The van der Waals surface area contributed by atoms with Crippen LogP contribution in [-0.2, 0) is 18.4 Å². The molecule has 0 saturated heterocycles. The Hall–Kier alpha value is -2.25. The van der Waals surface area contributed by atoms with E-state index in [2.05, 4.69) is 10.6 Å². The van der Waals surface area contributed by atoms with Gasteiger partial charge >= 0.3 is 5.69 Å². The zero-order valence-electron chi connectivity index (χ0n) is 12.9. The number of carbonyl (C=O) groups excluding carboxylic acids is 1. The largest absolute Gasteiger partial charge is 0.383 e. The number of nitrogens with one attached hydrogen (secondary N) is 2. The lowest BCUT2D eigenvalue weighted by atomic mass is 10.3. The minimum absolute atomic E-state index is 0.0566. The number of anilines is 2. The highest BCUT2D eigenvalue weighted by Crippen LogP contribution is 2.12. The number of carbonyl (C=O) groups is 1. The maximum absolute atomic E-state index is 12.2. The first-order valence-corrected chi connectivity index (χ1v) is 6.98. The van der Waals surface area contributed by atoms with E-state index in [0.717, 1.165) is 4.57 Å². The van der Waals surface area contributed by atoms with Crippen LogP contribution in [0.1, 0.15) is 27.2 Å². The van der Waals surface area contributed by atoms with Crippen LogP contribution in [0.2, 0.25) is 0 Å². The maximum atomic E-state index is 12.2. The Morgan fingerprint density at radius 1 is 1.33 bits per heavy atom. The number of aromatic nitrogens is 2. The second kappa shape index (κ2) is 6.96. The quantitative estimate of drug-likeness (QED) is 0.654. The number of likely N-dealkylation sites (N-methyl/N-ethyl adjacent to an activating group) is 1. The molecule has 1 amide bonds. The predicted octanol–water partition coefficient (Wildman–Crippen LogP) is -0.524. The second-order valence-electron chi connectivity index (χ2n) is 4.82. The Morgan fingerprint density at radius 2 is 1.95 bits per heavy atom. The average Bonchev–Trinajstić information content (AvgIpc) is 2.46. The van der Waals surface area contributed by atoms with Crippen LogP contribution < -0.4 is 27.6 Å². The highest BCUT2D eigenvalue weighted by Gasteiger charge is 2.19. The Bertz CT molecular complexity index is 632. The van der Waals surface area contributed by atoms with Crippen molar-refractivity contribution in [1.29, 1.82) is 0 Å². The molecule has 0 saturated carbocycles. The van der Waals surface area contributed by atoms with E-state index in [0.29, 0.717) is 19.5 Å². The summed E-state index contributed by atoms with van der Waals surface area (Å²) in [7, 11) is 1.39. The summed E-state index contributed by atoms with van der Waals surface area (Å²) in [4.78, 5) is 35.9. The van der Waals surface area contributed by atoms with Gasteiger partial charge < -0.3 is 16.4 Å². The van der Waals surface area contributed by atoms with E-state index in [9.17, 15) is 14.4 Å². The molecular weight excluding hydrogens is 274 g/mol. The van der Waals surface area contributed by atoms with E-state index in [1.165, 1.54) is 11.6 Å². The van der Waals surface area contributed by atoms with E-state index in [1.807, 2.05) is 6.92 Å². The van der Waals surface area contributed by atoms with Crippen LogP contribution >= 0.6 is 0 Å². The predicted molar refractivity (Wildman–Crippen MR) is 82.4 cm³/mol. The van der Waals surface area contributed by atoms with E-state index in [1.54, 1.807) is 13.8 Å². The Kier molecular flexibility index (Phi) is 5.57. The molecule has 0 fully saturated rings. The third-order valence-corrected chi connectivity index (χ3v) is 3.14. The number of rotatable bonds is 6. The first kappa shape index (κ1) is 16.8. The molecule has 0 radical (unpaired) electrons. The van der Waals surface area contributed by atoms with Gasteiger partial charge in [0, 0.05) is 20.1 Å². The molecule has 1 aromatic heterocycles. The highest BCUT2D eigenvalue weighted by molar-refractivity contribution is 5.84. The summed E-state index contributed by atoms with van der Waals surface area (Å²) >= 11 is 0. The number of nitrogen functional groups attached to an aromatic ring is 1. The van der Waals surface area contributed by atoms with Gasteiger partial charge in [-0.05, 0) is 20.3 Å². The lowest BCUT2D eigenvalue weighted by Crippen LogP contribution is -2.44. The molecule has 0 aromatic carbocycles. The number of hydrogen-bond donors (Lipinski definition) is 3. The molecule has 4 N–H and O–H groups in total. The van der Waals surface area contributed by atoms with Crippen molar-refractivity contribution in [2.45, 2.75) is 39.8 Å². The van der Waals surface area contributed by atoms with Gasteiger partial charge in [-0.1, -0.05) is 6.92 Å². The third-order valence-electron chi connectivity index (χ3n) is 3.14. The van der Waals surface area contributed by atoms with Crippen molar-refractivity contribution in [3.8, 4) is 0 Å². The topological polar surface area (TPSA) is 111 Å². The van der Waals surface area contributed by atoms with Gasteiger partial charge in [-0.3, -0.25) is 18.7 Å². The average molecular weight is 297 g/mol. The molecule has 1 heterocycles. The number of nitrogens with zero attached hydrogens (tertiary/aromatic N) is 2. The minimum atomic E-state index is -0.632. The van der Waals surface area contributed by atoms with Crippen LogP contribution in [0.4, 0.5) is 11.5 Å². The fraction of sp³-hybridized carbons (Fsp3) is 0.615. The summed E-state index contributed by atoms with van der Waals surface area (Å²) in [5, 5.41) is 5.45. The van der Waals surface area contributed by atoms with Gasteiger partial charge in [-0.15, -0.1) is 0 Å². The van der Waals surface area contributed by atoms with Crippen molar-refractivity contribution in [2.24, 2.45) is 7.05 Å². The molecule has 1 unspecified atom stereocenters. The standard InChI is InChI=1S/C13H23N5O3/c1-5-7-18-10(14)9(12(20)17(4)13(18)21)16-8(3)11(19)15-6-2/h8,16H,5-7,14H2,1-4H3,(H,15,19). The molecule has 0 aliphatic heterocycles. The van der Waals surface area contributed by atoms with Crippen LogP contribution in [0.5, 0.6) is 0 Å². The number of hydrogen-bond acceptors (Lipinski definition) is 5. The zero-order valence-corrected chi connectivity index (χ0v) is 12.9. The molecule has 1 atom stereocenters. The first-order chi connectivity index (χ1) is 9.84. The molecule has 118 valence electrons. The SMILES string of the molecule is CCCn1c(N)c(NC(C)C(=O)NCC)c(=O)n(C)c1=O. The second-order valence-corrected chi connectivity index (χ2v) is 4.82. The summed E-state index contributed by atoms with van der Waals surface area (Å²) in [5.41, 5.74) is 4.99. The van der Waals surface area contributed by atoms with Crippen molar-refractivity contribution >= 4 is 17.4 Å². The Labute approximate surface area is 122 Å². The zero-order chi connectivity index (χ0) is 16.2. The van der Waals surface area contributed by atoms with Crippen LogP contribution in [0.3, 0.4) is 0 Å². The summed E-state index contributed by atoms with van der Waals surface area (Å²) in [6.45, 7) is 6.23. The molecule has 0 aliphatic rings. The maximum Gasteiger partial charge on any atom is 0.332 e. The van der Waals surface area contributed by atoms with Crippen LogP contribution in [0.15, 0.2) is 9.59 Å². The molecule has 1 rings (SSSR count). The lowest BCUT2D eigenvalue weighted by molar-refractivity contribution is -0.121. The number of nitrogens with two attached hydrogens (primary N) is 1. The van der Waals surface area contributed by atoms with E-state index >= 15 is 0 Å². The van der Waals surface area contributed by atoms with Crippen molar-refractivity contribution in [2.75, 3.05) is 17.6 Å². The molecule has 0 spiro atoms. The molecule has 8 heteroatoms. The molecule has 21 heavy (non-hydrogen) atoms. The number of amides is 1. The van der Waals surface area contributed by atoms with Crippen molar-refractivity contribution in [3.63, 3.8) is 0 Å². The third kappa shape index (κ3) is 3.45. The van der Waals surface area contributed by atoms with Crippen LogP contribution in [0.25, 0.3) is 0 Å². The normalized spacial score (nSPS) is 12.0. The highest BCUT2D eigenvalue weighted by atomic mass is 16.2. The fourth-order valence-electron chi connectivity index (χ4n) is 1.97. The van der Waals surface area contributed by atoms with Gasteiger partial charge in [0.2, 0.25) is 5.91 Å². The minimum Gasteiger partial charge on any atom is -0.383 e. The van der Waals surface area contributed by atoms with E-state index < -0.39 is 17.3 Å². The van der Waals surface area contributed by atoms with Gasteiger partial charge in [0.05, 0.1) is 0 Å². The lowest BCUT2D eigenvalue weighted by Gasteiger charge is -2.19. The molecule has 0 aliphatic carbocycles. The first-order valence-electron chi connectivity index (χ1n) is 6.98. The van der Waals surface area contributed by atoms with Crippen molar-refractivity contribution in [1.82, 2.24) is 14.5 Å². The molecular formula is C13H23N5O3. The monoisotopic (exact) mass is 297 g/mol. The van der Waals surface area contributed by atoms with Gasteiger partial charge in [-0.25, -0.2) is 4.79 Å². The smallest absolute Gasteiger partial charge is 0.332 e. The van der Waals surface area contributed by atoms with Gasteiger partial charge in [-0.2, -0.15) is 0 Å². The van der Waals surface area contributed by atoms with Crippen molar-refractivity contribution in [3.05, 3.63) is 20.8 Å². The van der Waals surface area contributed by atoms with Gasteiger partial charge in [0.1, 0.15) is 17.5 Å². The summed E-state index contributed by atoms with van der Waals surface area (Å²) in [6, 6.07) is -0.632. The van der Waals surface area contributed by atoms with Gasteiger partial charge in [0.15, 0.2) is 0 Å². The summed E-state index contributed by atoms with van der Waals surface area (Å²) < 4.78 is 2.31. The van der Waals surface area contributed by atoms with Gasteiger partial charge in [0.25, 0.3) is 5.56 Å². The van der Waals surface area contributed by atoms with E-state index in [-0.39, 0.29) is 17.4 Å². The van der Waals surface area contributed by atoms with Crippen LogP contribution in [0, 0.1) is 0 Å². The fourth-order valence-corrected chi connectivity index (χ4v) is 1.97. The molecule has 8 nitrogen and oxygen atoms in total. The summed E-state index contributed by atoms with van der Waals surface area (Å²) in [6.07, 6.45) is 0.702. The Morgan fingerprint density at radius 3 is 2.48 bits per heavy atom. The summed E-state index contributed by atoms with van der Waals surface area (Å²) in [5.74, 6) is -0.187. The van der Waals surface area contributed by atoms with Crippen LogP contribution in [-0.4, -0.2) is 27.6 Å². The molecule has 0 bridgehead atoms. The van der Waals surface area contributed by atoms with Crippen molar-refractivity contribution < 1.29 is 4.79 Å². The Balaban J connectivity index is 3.27.